The summed E-state index contributed by atoms with van der Waals surface area (Å²) in [7, 11) is -3.72. The Morgan fingerprint density at radius 1 is 1.29 bits per heavy atom. The van der Waals surface area contributed by atoms with Crippen LogP contribution in [0.25, 0.3) is 0 Å². The van der Waals surface area contributed by atoms with Crippen molar-refractivity contribution in [1.82, 2.24) is 14.4 Å². The third-order valence-electron chi connectivity index (χ3n) is 2.44. The Bertz CT molecular complexity index is 817. The van der Waals surface area contributed by atoms with E-state index < -0.39 is 15.9 Å². The van der Waals surface area contributed by atoms with Crippen LogP contribution in [0.2, 0.25) is 10.2 Å². The molecule has 0 unspecified atom stereocenters. The van der Waals surface area contributed by atoms with Gasteiger partial charge < -0.3 is 5.32 Å². The second-order valence-electron chi connectivity index (χ2n) is 4.26. The van der Waals surface area contributed by atoms with Gasteiger partial charge in [0.15, 0.2) is 10.8 Å². The molecule has 2 aromatic rings. The molecule has 21 heavy (non-hydrogen) atoms. The van der Waals surface area contributed by atoms with Crippen molar-refractivity contribution in [2.45, 2.75) is 6.92 Å². The summed E-state index contributed by atoms with van der Waals surface area (Å²) in [5, 5.41) is 9.54. The summed E-state index contributed by atoms with van der Waals surface area (Å²) in [5.41, 5.74) is 0.982. The fourth-order valence-electron chi connectivity index (χ4n) is 1.46. The largest absolute Gasteiger partial charge is 0.319 e. The van der Waals surface area contributed by atoms with E-state index in [1.165, 1.54) is 0 Å². The zero-order valence-electron chi connectivity index (χ0n) is 11.0. The smallest absolute Gasteiger partial charge is 0.279 e. The van der Waals surface area contributed by atoms with Crippen LogP contribution < -0.4 is 5.32 Å². The Morgan fingerprint density at radius 2 is 1.95 bits per heavy atom. The molecule has 0 saturated heterocycles. The molecule has 0 aliphatic carbocycles. The van der Waals surface area contributed by atoms with E-state index >= 15 is 0 Å². The standard InChI is InChI=1S/C11H10Cl2N4O3S/c1-6-3-4-8(7(12)5-6)14-11(18)9-10(13)16-17(15-9)21(2,19)20/h3-5H,1-2H3,(H,14,18). The molecule has 0 bridgehead atoms. The molecular weight excluding hydrogens is 339 g/mol. The van der Waals surface area contributed by atoms with Crippen molar-refractivity contribution in [2.24, 2.45) is 0 Å². The first-order valence-electron chi connectivity index (χ1n) is 5.59. The van der Waals surface area contributed by atoms with Gasteiger partial charge >= 0.3 is 0 Å². The third kappa shape index (κ3) is 3.52. The first kappa shape index (κ1) is 15.7. The number of aromatic nitrogens is 3. The number of halogens is 2. The highest BCUT2D eigenvalue weighted by molar-refractivity contribution is 7.88. The number of carbonyl (C=O) groups is 1. The maximum Gasteiger partial charge on any atom is 0.279 e. The number of hydrogen-bond acceptors (Lipinski definition) is 5. The average molecular weight is 349 g/mol. The highest BCUT2D eigenvalue weighted by Gasteiger charge is 2.21. The van der Waals surface area contributed by atoms with Crippen molar-refractivity contribution in [2.75, 3.05) is 11.6 Å². The van der Waals surface area contributed by atoms with Crippen LogP contribution in [0.1, 0.15) is 16.1 Å². The fraction of sp³-hybridized carbons (Fsp3) is 0.182. The first-order valence-corrected chi connectivity index (χ1v) is 8.20. The molecule has 1 aromatic heterocycles. The number of anilines is 1. The molecular formula is C11H10Cl2N4O3S. The van der Waals surface area contributed by atoms with Gasteiger partial charge in [0.1, 0.15) is 0 Å². The van der Waals surface area contributed by atoms with Crippen molar-refractivity contribution in [1.29, 1.82) is 0 Å². The number of amides is 1. The van der Waals surface area contributed by atoms with Gasteiger partial charge in [-0.2, -0.15) is 0 Å². The molecule has 1 N–H and O–H groups in total. The quantitative estimate of drug-likeness (QED) is 0.914. The predicted octanol–water partition coefficient (Wildman–Crippen LogP) is 1.95. The average Bonchev–Trinajstić information content (AvgIpc) is 2.75. The van der Waals surface area contributed by atoms with Crippen LogP contribution in [-0.4, -0.2) is 35.0 Å². The van der Waals surface area contributed by atoms with E-state index in [4.69, 9.17) is 23.2 Å². The maximum absolute atomic E-state index is 12.0. The lowest BCUT2D eigenvalue weighted by molar-refractivity contribution is 0.102. The molecule has 0 aliphatic heterocycles. The van der Waals surface area contributed by atoms with E-state index in [9.17, 15) is 13.2 Å². The highest BCUT2D eigenvalue weighted by Crippen LogP contribution is 2.23. The number of rotatable bonds is 3. The van der Waals surface area contributed by atoms with Crippen LogP contribution in [0.5, 0.6) is 0 Å². The van der Waals surface area contributed by atoms with Gasteiger partial charge in [-0.3, -0.25) is 4.79 Å². The second-order valence-corrected chi connectivity index (χ2v) is 6.82. The molecule has 0 atom stereocenters. The molecule has 0 saturated carbocycles. The Hall–Kier alpha value is -1.64. The van der Waals surface area contributed by atoms with Gasteiger partial charge in [-0.1, -0.05) is 33.5 Å². The summed E-state index contributed by atoms with van der Waals surface area (Å²) in [5.74, 6) is -0.708. The van der Waals surface area contributed by atoms with E-state index in [0.717, 1.165) is 11.8 Å². The monoisotopic (exact) mass is 348 g/mol. The van der Waals surface area contributed by atoms with E-state index in [1.807, 2.05) is 6.92 Å². The van der Waals surface area contributed by atoms with Crippen molar-refractivity contribution in [3.63, 3.8) is 0 Å². The van der Waals surface area contributed by atoms with Crippen LogP contribution in [0.15, 0.2) is 18.2 Å². The van der Waals surface area contributed by atoms with Crippen molar-refractivity contribution in [3.05, 3.63) is 39.6 Å². The molecule has 1 amide bonds. The molecule has 0 spiro atoms. The molecule has 1 heterocycles. The van der Waals surface area contributed by atoms with Gasteiger partial charge in [-0.05, 0) is 24.6 Å². The topological polar surface area (TPSA) is 94.0 Å². The maximum atomic E-state index is 12.0. The summed E-state index contributed by atoms with van der Waals surface area (Å²) in [4.78, 5) is 12.0. The van der Waals surface area contributed by atoms with Crippen LogP contribution in [0.4, 0.5) is 5.69 Å². The summed E-state index contributed by atoms with van der Waals surface area (Å²) in [6, 6.07) is 5.05. The lowest BCUT2D eigenvalue weighted by atomic mass is 10.2. The third-order valence-corrected chi connectivity index (χ3v) is 3.76. The summed E-state index contributed by atoms with van der Waals surface area (Å²) in [6.45, 7) is 1.85. The molecule has 0 radical (unpaired) electrons. The van der Waals surface area contributed by atoms with Gasteiger partial charge in [0.05, 0.1) is 17.0 Å². The van der Waals surface area contributed by atoms with Crippen LogP contribution in [-0.2, 0) is 10.0 Å². The van der Waals surface area contributed by atoms with E-state index in [-0.39, 0.29) is 10.8 Å². The van der Waals surface area contributed by atoms with Crippen molar-refractivity contribution < 1.29 is 13.2 Å². The van der Waals surface area contributed by atoms with Gasteiger partial charge in [-0.25, -0.2) is 8.42 Å². The number of hydrogen-bond donors (Lipinski definition) is 1. The Balaban J connectivity index is 2.31. The molecule has 0 aliphatic rings. The van der Waals surface area contributed by atoms with Crippen molar-refractivity contribution in [3.8, 4) is 0 Å². The Kier molecular flexibility index (Phi) is 4.22. The van der Waals surface area contributed by atoms with Gasteiger partial charge in [0, 0.05) is 0 Å². The Labute approximate surface area is 130 Å². The first-order chi connectivity index (χ1) is 9.68. The van der Waals surface area contributed by atoms with Crippen LogP contribution >= 0.6 is 23.2 Å². The minimum absolute atomic E-state index is 0.307. The van der Waals surface area contributed by atoms with Gasteiger partial charge in [0.25, 0.3) is 15.9 Å². The molecule has 10 heteroatoms. The van der Waals surface area contributed by atoms with Gasteiger partial charge in [0.2, 0.25) is 0 Å². The Morgan fingerprint density at radius 3 is 2.48 bits per heavy atom. The van der Waals surface area contributed by atoms with E-state index in [0.29, 0.717) is 14.9 Å². The summed E-state index contributed by atoms with van der Waals surface area (Å²) in [6.07, 6.45) is 0.891. The zero-order chi connectivity index (χ0) is 15.8. The molecule has 0 fully saturated rings. The highest BCUT2D eigenvalue weighted by atomic mass is 35.5. The molecule has 2 rings (SSSR count). The number of nitrogens with one attached hydrogen (secondary N) is 1. The van der Waals surface area contributed by atoms with Gasteiger partial charge in [-0.15, -0.1) is 10.2 Å². The normalized spacial score (nSPS) is 11.4. The molecule has 7 nitrogen and oxygen atoms in total. The lowest BCUT2D eigenvalue weighted by Gasteiger charge is -2.06. The number of nitrogens with zero attached hydrogens (tertiary/aromatic N) is 3. The van der Waals surface area contributed by atoms with Crippen LogP contribution in [0.3, 0.4) is 0 Å². The molecule has 112 valence electrons. The minimum Gasteiger partial charge on any atom is -0.319 e. The number of aryl methyl sites for hydroxylation is 1. The van der Waals surface area contributed by atoms with E-state index in [1.54, 1.807) is 18.2 Å². The minimum atomic E-state index is -3.72. The van der Waals surface area contributed by atoms with Crippen LogP contribution in [0, 0.1) is 6.92 Å². The fourth-order valence-corrected chi connectivity index (χ4v) is 2.44. The zero-order valence-corrected chi connectivity index (χ0v) is 13.3. The summed E-state index contributed by atoms with van der Waals surface area (Å²) >= 11 is 11.7. The number of benzene rings is 1. The van der Waals surface area contributed by atoms with E-state index in [2.05, 4.69) is 15.5 Å². The molecule has 1 aromatic carbocycles. The second kappa shape index (κ2) is 5.63. The number of carbonyl (C=O) groups excluding carboxylic acids is 1. The predicted molar refractivity (Wildman–Crippen MR) is 79.4 cm³/mol. The van der Waals surface area contributed by atoms with Crippen molar-refractivity contribution >= 4 is 44.8 Å². The summed E-state index contributed by atoms with van der Waals surface area (Å²) < 4.78 is 23.0. The lowest BCUT2D eigenvalue weighted by Crippen LogP contribution is -2.17. The SMILES string of the molecule is Cc1ccc(NC(=O)c2nn(S(C)(=O)=O)nc2Cl)c(Cl)c1.